The van der Waals surface area contributed by atoms with Gasteiger partial charge in [-0.05, 0) is 23.6 Å². The Bertz CT molecular complexity index is 795. The summed E-state index contributed by atoms with van der Waals surface area (Å²) in [4.78, 5) is 23.4. The normalized spacial score (nSPS) is 10.2. The molecule has 2 aromatic carbocycles. The van der Waals surface area contributed by atoms with Crippen LogP contribution < -0.4 is 18.9 Å². The topological polar surface area (TPSA) is 80.3 Å². The minimum Gasteiger partial charge on any atom is -0.496 e. The van der Waals surface area contributed by atoms with Crippen molar-refractivity contribution >= 4 is 22.7 Å². The first-order chi connectivity index (χ1) is 11.5. The minimum atomic E-state index is -0.526. The number of hydrogen-bond acceptors (Lipinski definition) is 7. The van der Waals surface area contributed by atoms with Gasteiger partial charge in [-0.25, -0.2) is 4.79 Å². The van der Waals surface area contributed by atoms with Crippen molar-refractivity contribution in [3.63, 3.8) is 0 Å². The lowest BCUT2D eigenvalue weighted by molar-refractivity contribution is -0.131. The van der Waals surface area contributed by atoms with Crippen LogP contribution in [0.5, 0.6) is 23.0 Å². The lowest BCUT2D eigenvalue weighted by atomic mass is 10.0. The van der Waals surface area contributed by atoms with Crippen molar-refractivity contribution in [2.45, 2.75) is 6.92 Å². The molecule has 0 fully saturated rings. The molecule has 2 aromatic rings. The smallest absolute Gasteiger partial charge is 0.338 e. The Kier molecular flexibility index (Phi) is 5.13. The highest BCUT2D eigenvalue weighted by Gasteiger charge is 2.23. The Morgan fingerprint density at radius 1 is 0.833 bits per heavy atom. The number of fused-ring (bicyclic) bond motifs is 1. The summed E-state index contributed by atoms with van der Waals surface area (Å²) < 4.78 is 26.0. The van der Waals surface area contributed by atoms with Gasteiger partial charge in [0.2, 0.25) is 5.75 Å². The number of esters is 2. The first kappa shape index (κ1) is 17.4. The van der Waals surface area contributed by atoms with Crippen molar-refractivity contribution in [2.75, 3.05) is 28.4 Å². The molecule has 7 nitrogen and oxygen atoms in total. The van der Waals surface area contributed by atoms with E-state index in [1.54, 1.807) is 12.1 Å². The molecule has 0 saturated carbocycles. The molecule has 24 heavy (non-hydrogen) atoms. The van der Waals surface area contributed by atoms with Gasteiger partial charge in [0.25, 0.3) is 0 Å². The summed E-state index contributed by atoms with van der Waals surface area (Å²) in [7, 11) is 5.64. The zero-order valence-corrected chi connectivity index (χ0v) is 14.1. The number of rotatable bonds is 5. The Morgan fingerprint density at radius 2 is 1.50 bits per heavy atom. The monoisotopic (exact) mass is 334 g/mol. The summed E-state index contributed by atoms with van der Waals surface area (Å²) >= 11 is 0. The van der Waals surface area contributed by atoms with Gasteiger partial charge in [0, 0.05) is 6.92 Å². The lowest BCUT2D eigenvalue weighted by Crippen LogP contribution is -2.07. The van der Waals surface area contributed by atoms with Crippen molar-refractivity contribution in [3.05, 3.63) is 23.8 Å². The maximum absolute atomic E-state index is 11.8. The van der Waals surface area contributed by atoms with Crippen LogP contribution in [0.3, 0.4) is 0 Å². The summed E-state index contributed by atoms with van der Waals surface area (Å²) in [6.45, 7) is 1.28. The van der Waals surface area contributed by atoms with Gasteiger partial charge in [0.1, 0.15) is 5.75 Å². The Hall–Kier alpha value is -2.96. The number of carbonyl (C=O) groups excluding carboxylic acids is 2. The molecule has 0 unspecified atom stereocenters. The SMILES string of the molecule is COC(=O)c1cc(OC)c2c(OC(C)=O)c(OC)c(OC)cc2c1. The van der Waals surface area contributed by atoms with Crippen molar-refractivity contribution in [2.24, 2.45) is 0 Å². The van der Waals surface area contributed by atoms with Gasteiger partial charge >= 0.3 is 11.9 Å². The molecule has 0 aliphatic heterocycles. The first-order valence-corrected chi connectivity index (χ1v) is 7.00. The van der Waals surface area contributed by atoms with Gasteiger partial charge in [0.15, 0.2) is 11.5 Å². The molecule has 0 amide bonds. The van der Waals surface area contributed by atoms with Gasteiger partial charge in [0.05, 0.1) is 39.4 Å². The van der Waals surface area contributed by atoms with E-state index >= 15 is 0 Å². The molecule has 0 aliphatic rings. The van der Waals surface area contributed by atoms with E-state index in [1.807, 2.05) is 0 Å². The first-order valence-electron chi connectivity index (χ1n) is 7.00. The fourth-order valence-electron chi connectivity index (χ4n) is 2.41. The van der Waals surface area contributed by atoms with Crippen LogP contribution in [-0.4, -0.2) is 40.4 Å². The van der Waals surface area contributed by atoms with E-state index in [1.165, 1.54) is 41.4 Å². The summed E-state index contributed by atoms with van der Waals surface area (Å²) in [5.41, 5.74) is 0.294. The Labute approximate surface area is 139 Å². The quantitative estimate of drug-likeness (QED) is 0.614. The molecule has 0 spiro atoms. The third-order valence-corrected chi connectivity index (χ3v) is 3.39. The highest BCUT2D eigenvalue weighted by atomic mass is 16.6. The molecule has 0 heterocycles. The number of ether oxygens (including phenoxy) is 5. The van der Waals surface area contributed by atoms with E-state index < -0.39 is 11.9 Å². The van der Waals surface area contributed by atoms with Crippen LogP contribution in [0.1, 0.15) is 17.3 Å². The largest absolute Gasteiger partial charge is 0.496 e. The summed E-state index contributed by atoms with van der Waals surface area (Å²) in [5.74, 6) is 0.0633. The van der Waals surface area contributed by atoms with Crippen LogP contribution >= 0.6 is 0 Å². The van der Waals surface area contributed by atoms with E-state index in [4.69, 9.17) is 23.7 Å². The van der Waals surface area contributed by atoms with Crippen molar-refractivity contribution in [1.82, 2.24) is 0 Å². The number of benzene rings is 2. The molecule has 0 radical (unpaired) electrons. The van der Waals surface area contributed by atoms with Gasteiger partial charge in [-0.1, -0.05) is 0 Å². The highest BCUT2D eigenvalue weighted by Crippen LogP contribution is 2.47. The van der Waals surface area contributed by atoms with Gasteiger partial charge in [-0.15, -0.1) is 0 Å². The maximum atomic E-state index is 11.8. The highest BCUT2D eigenvalue weighted by molar-refractivity contribution is 6.03. The van der Waals surface area contributed by atoms with E-state index in [2.05, 4.69) is 0 Å². The van der Waals surface area contributed by atoms with Gasteiger partial charge in [-0.3, -0.25) is 4.79 Å². The van der Waals surface area contributed by atoms with Crippen LogP contribution in [-0.2, 0) is 9.53 Å². The van der Waals surface area contributed by atoms with Crippen molar-refractivity contribution in [3.8, 4) is 23.0 Å². The van der Waals surface area contributed by atoms with Crippen LogP contribution in [0.15, 0.2) is 18.2 Å². The number of carbonyl (C=O) groups is 2. The summed E-state index contributed by atoms with van der Waals surface area (Å²) in [6, 6.07) is 4.77. The fraction of sp³-hybridized carbons (Fsp3) is 0.294. The molecular formula is C17H18O7. The average Bonchev–Trinajstić information content (AvgIpc) is 2.58. The maximum Gasteiger partial charge on any atom is 0.338 e. The third-order valence-electron chi connectivity index (χ3n) is 3.39. The predicted molar refractivity (Wildman–Crippen MR) is 86.3 cm³/mol. The molecule has 0 aromatic heterocycles. The van der Waals surface area contributed by atoms with E-state index in [0.717, 1.165) is 0 Å². The fourth-order valence-corrected chi connectivity index (χ4v) is 2.41. The van der Waals surface area contributed by atoms with Crippen LogP contribution in [0.2, 0.25) is 0 Å². The molecule has 0 saturated heterocycles. The van der Waals surface area contributed by atoms with E-state index in [9.17, 15) is 9.59 Å². The molecule has 7 heteroatoms. The average molecular weight is 334 g/mol. The standard InChI is InChI=1S/C17H18O7/c1-9(18)24-16-14-10(7-13(21-3)15(16)22-4)6-11(17(19)23-5)8-12(14)20-2/h6-8H,1-5H3. The molecule has 0 N–H and O–H groups in total. The summed E-state index contributed by atoms with van der Waals surface area (Å²) in [5, 5.41) is 1.06. The van der Waals surface area contributed by atoms with Crippen LogP contribution in [0.4, 0.5) is 0 Å². The number of methoxy groups -OCH3 is 4. The molecule has 0 aliphatic carbocycles. The second kappa shape index (κ2) is 7.08. The summed E-state index contributed by atoms with van der Waals surface area (Å²) in [6.07, 6.45) is 0. The second-order valence-electron chi connectivity index (χ2n) is 4.80. The predicted octanol–water partition coefficient (Wildman–Crippen LogP) is 2.58. The Morgan fingerprint density at radius 3 is 2.00 bits per heavy atom. The van der Waals surface area contributed by atoms with Crippen LogP contribution in [0.25, 0.3) is 10.8 Å². The second-order valence-corrected chi connectivity index (χ2v) is 4.80. The molecule has 2 rings (SSSR count). The van der Waals surface area contributed by atoms with Gasteiger partial charge in [-0.2, -0.15) is 0 Å². The zero-order valence-electron chi connectivity index (χ0n) is 14.1. The van der Waals surface area contributed by atoms with Gasteiger partial charge < -0.3 is 23.7 Å². The molecule has 0 bridgehead atoms. The molecule has 0 atom stereocenters. The zero-order chi connectivity index (χ0) is 17.9. The molecule has 128 valence electrons. The van der Waals surface area contributed by atoms with E-state index in [-0.39, 0.29) is 11.5 Å². The molecular weight excluding hydrogens is 316 g/mol. The van der Waals surface area contributed by atoms with Crippen molar-refractivity contribution < 1.29 is 33.3 Å². The Balaban J connectivity index is 2.91. The third kappa shape index (κ3) is 3.05. The van der Waals surface area contributed by atoms with Crippen molar-refractivity contribution in [1.29, 1.82) is 0 Å². The number of hydrogen-bond donors (Lipinski definition) is 0. The van der Waals surface area contributed by atoms with E-state index in [0.29, 0.717) is 27.8 Å². The lowest BCUT2D eigenvalue weighted by Gasteiger charge is -2.17. The minimum absolute atomic E-state index is 0.160. The van der Waals surface area contributed by atoms with Crippen LogP contribution in [0, 0.1) is 0 Å².